The number of benzene rings is 1. The van der Waals surface area contributed by atoms with Crippen molar-refractivity contribution in [3.05, 3.63) is 29.8 Å². The molecule has 2 aliphatic rings. The molecule has 1 saturated heterocycles. The van der Waals surface area contributed by atoms with Crippen LogP contribution < -0.4 is 4.90 Å². The van der Waals surface area contributed by atoms with E-state index in [1.165, 1.54) is 5.56 Å². The molecule has 3 heteroatoms. The molecule has 1 spiro atoms. The molecule has 2 fully saturated rings. The minimum Gasteiger partial charge on any atom is -0.393 e. The van der Waals surface area contributed by atoms with E-state index in [9.17, 15) is 9.90 Å². The van der Waals surface area contributed by atoms with E-state index >= 15 is 0 Å². The van der Waals surface area contributed by atoms with Gasteiger partial charge in [-0.15, -0.1) is 0 Å². The average molecular weight is 273 g/mol. The number of aryl methyl sites for hydroxylation is 1. The third kappa shape index (κ3) is 2.24. The summed E-state index contributed by atoms with van der Waals surface area (Å²) in [5, 5.41) is 9.65. The van der Waals surface area contributed by atoms with Crippen molar-refractivity contribution in [2.24, 2.45) is 5.41 Å². The molecular formula is C17H23NO2. The molecule has 3 rings (SSSR count). The van der Waals surface area contributed by atoms with Crippen molar-refractivity contribution in [3.63, 3.8) is 0 Å². The van der Waals surface area contributed by atoms with Gasteiger partial charge in [-0.05, 0) is 56.2 Å². The molecule has 1 N–H and O–H groups in total. The summed E-state index contributed by atoms with van der Waals surface area (Å²) in [6, 6.07) is 8.34. The maximum Gasteiger partial charge on any atom is 0.233 e. The highest BCUT2D eigenvalue weighted by Gasteiger charge is 2.48. The predicted octanol–water partition coefficient (Wildman–Crippen LogP) is 2.91. The Hall–Kier alpha value is -1.35. The van der Waals surface area contributed by atoms with Crippen LogP contribution in [0.15, 0.2) is 24.3 Å². The Balaban J connectivity index is 1.78. The van der Waals surface area contributed by atoms with Gasteiger partial charge in [-0.1, -0.05) is 19.1 Å². The second kappa shape index (κ2) is 5.21. The quantitative estimate of drug-likeness (QED) is 0.900. The number of carbonyl (C=O) groups is 1. The van der Waals surface area contributed by atoms with Crippen LogP contribution in [0.25, 0.3) is 0 Å². The van der Waals surface area contributed by atoms with E-state index in [4.69, 9.17) is 0 Å². The Morgan fingerprint density at radius 1 is 1.20 bits per heavy atom. The van der Waals surface area contributed by atoms with Gasteiger partial charge in [0, 0.05) is 12.2 Å². The van der Waals surface area contributed by atoms with E-state index in [0.717, 1.165) is 50.8 Å². The second-order valence-electron chi connectivity index (χ2n) is 6.24. The molecule has 1 heterocycles. The molecule has 1 aromatic rings. The zero-order chi connectivity index (χ0) is 14.2. The van der Waals surface area contributed by atoms with E-state index in [-0.39, 0.29) is 17.4 Å². The van der Waals surface area contributed by atoms with Gasteiger partial charge < -0.3 is 10.0 Å². The monoisotopic (exact) mass is 273 g/mol. The van der Waals surface area contributed by atoms with Crippen LogP contribution in [0.3, 0.4) is 0 Å². The molecule has 1 aromatic carbocycles. The van der Waals surface area contributed by atoms with Crippen molar-refractivity contribution in [1.29, 1.82) is 0 Å². The van der Waals surface area contributed by atoms with Crippen LogP contribution in [0.5, 0.6) is 0 Å². The van der Waals surface area contributed by atoms with Crippen LogP contribution in [-0.4, -0.2) is 23.7 Å². The molecular weight excluding hydrogens is 250 g/mol. The van der Waals surface area contributed by atoms with Gasteiger partial charge in [0.15, 0.2) is 0 Å². The summed E-state index contributed by atoms with van der Waals surface area (Å²) < 4.78 is 0. The Bertz CT molecular complexity index is 486. The average Bonchev–Trinajstić information content (AvgIpc) is 2.80. The largest absolute Gasteiger partial charge is 0.393 e. The number of rotatable bonds is 2. The third-order valence-electron chi connectivity index (χ3n) is 5.08. The fourth-order valence-corrected chi connectivity index (χ4v) is 3.60. The first-order valence-electron chi connectivity index (χ1n) is 7.73. The summed E-state index contributed by atoms with van der Waals surface area (Å²) in [7, 11) is 0. The molecule has 0 atom stereocenters. The Labute approximate surface area is 120 Å². The van der Waals surface area contributed by atoms with Crippen LogP contribution in [0.4, 0.5) is 5.69 Å². The molecule has 0 radical (unpaired) electrons. The van der Waals surface area contributed by atoms with Gasteiger partial charge >= 0.3 is 0 Å². The third-order valence-corrected chi connectivity index (χ3v) is 5.08. The zero-order valence-corrected chi connectivity index (χ0v) is 12.1. The SMILES string of the molecule is CCc1ccc(N2CC[C@]3(CC[C@@H](O)CC3)C2=O)cc1. The molecule has 1 saturated carbocycles. The smallest absolute Gasteiger partial charge is 0.233 e. The molecule has 1 aliphatic heterocycles. The number of hydrogen-bond acceptors (Lipinski definition) is 2. The standard InChI is InChI=1S/C17H23NO2/c1-2-13-3-5-14(6-4-13)18-12-11-17(16(18)20)9-7-15(19)8-10-17/h3-6,15,19H,2,7-12H2,1H3/t15-,17-. The Kier molecular flexibility index (Phi) is 3.55. The maximum absolute atomic E-state index is 12.8. The molecule has 1 aliphatic carbocycles. The van der Waals surface area contributed by atoms with Crippen molar-refractivity contribution < 1.29 is 9.90 Å². The fraction of sp³-hybridized carbons (Fsp3) is 0.588. The molecule has 20 heavy (non-hydrogen) atoms. The number of aliphatic hydroxyl groups excluding tert-OH is 1. The maximum atomic E-state index is 12.8. The van der Waals surface area contributed by atoms with Crippen LogP contribution in [-0.2, 0) is 11.2 Å². The first kappa shape index (κ1) is 13.6. The number of hydrogen-bond donors (Lipinski definition) is 1. The number of anilines is 1. The van der Waals surface area contributed by atoms with E-state index in [1.807, 2.05) is 4.90 Å². The molecule has 108 valence electrons. The van der Waals surface area contributed by atoms with E-state index in [2.05, 4.69) is 31.2 Å². The lowest BCUT2D eigenvalue weighted by atomic mass is 9.72. The highest BCUT2D eigenvalue weighted by Crippen LogP contribution is 2.45. The normalized spacial score (nSPS) is 30.2. The van der Waals surface area contributed by atoms with Gasteiger partial charge in [0.05, 0.1) is 11.5 Å². The summed E-state index contributed by atoms with van der Waals surface area (Å²) >= 11 is 0. The highest BCUT2D eigenvalue weighted by molar-refractivity contribution is 5.99. The van der Waals surface area contributed by atoms with Crippen molar-refractivity contribution in [1.82, 2.24) is 0 Å². The van der Waals surface area contributed by atoms with E-state index < -0.39 is 0 Å². The predicted molar refractivity (Wildman–Crippen MR) is 79.7 cm³/mol. The number of aliphatic hydroxyl groups is 1. The zero-order valence-electron chi connectivity index (χ0n) is 12.1. The van der Waals surface area contributed by atoms with E-state index in [0.29, 0.717) is 0 Å². The summed E-state index contributed by atoms with van der Waals surface area (Å²) in [5.41, 5.74) is 2.13. The lowest BCUT2D eigenvalue weighted by molar-refractivity contribution is -0.128. The number of nitrogens with zero attached hydrogens (tertiary/aromatic N) is 1. The molecule has 1 amide bonds. The van der Waals surface area contributed by atoms with Crippen molar-refractivity contribution >= 4 is 11.6 Å². The lowest BCUT2D eigenvalue weighted by Crippen LogP contribution is -2.38. The van der Waals surface area contributed by atoms with Crippen LogP contribution >= 0.6 is 0 Å². The van der Waals surface area contributed by atoms with Gasteiger partial charge in [-0.25, -0.2) is 0 Å². The van der Waals surface area contributed by atoms with Gasteiger partial charge in [0.2, 0.25) is 5.91 Å². The molecule has 0 bridgehead atoms. The topological polar surface area (TPSA) is 40.5 Å². The van der Waals surface area contributed by atoms with Crippen LogP contribution in [0.2, 0.25) is 0 Å². The van der Waals surface area contributed by atoms with Gasteiger partial charge in [0.25, 0.3) is 0 Å². The summed E-state index contributed by atoms with van der Waals surface area (Å²) in [5.74, 6) is 0.272. The lowest BCUT2D eigenvalue weighted by Gasteiger charge is -2.33. The minimum atomic E-state index is -0.202. The highest BCUT2D eigenvalue weighted by atomic mass is 16.3. The van der Waals surface area contributed by atoms with Crippen molar-refractivity contribution in [2.75, 3.05) is 11.4 Å². The van der Waals surface area contributed by atoms with Crippen molar-refractivity contribution in [2.45, 2.75) is 51.6 Å². The summed E-state index contributed by atoms with van der Waals surface area (Å²) in [4.78, 5) is 14.7. The Morgan fingerprint density at radius 2 is 1.85 bits per heavy atom. The molecule has 0 unspecified atom stereocenters. The summed E-state index contributed by atoms with van der Waals surface area (Å²) in [6.45, 7) is 2.96. The number of amides is 1. The van der Waals surface area contributed by atoms with Gasteiger partial charge in [0.1, 0.15) is 0 Å². The number of carbonyl (C=O) groups excluding carboxylic acids is 1. The first-order valence-corrected chi connectivity index (χ1v) is 7.73. The molecule has 0 aromatic heterocycles. The first-order chi connectivity index (χ1) is 9.64. The van der Waals surface area contributed by atoms with Gasteiger partial charge in [-0.3, -0.25) is 4.79 Å². The Morgan fingerprint density at radius 3 is 2.45 bits per heavy atom. The van der Waals surface area contributed by atoms with Crippen LogP contribution in [0.1, 0.15) is 44.6 Å². The van der Waals surface area contributed by atoms with Crippen molar-refractivity contribution in [3.8, 4) is 0 Å². The van der Waals surface area contributed by atoms with Crippen LogP contribution in [0, 0.1) is 5.41 Å². The van der Waals surface area contributed by atoms with E-state index in [1.54, 1.807) is 0 Å². The minimum absolute atomic E-state index is 0.192. The summed E-state index contributed by atoms with van der Waals surface area (Å²) in [6.07, 6.45) is 4.99. The van der Waals surface area contributed by atoms with Gasteiger partial charge in [-0.2, -0.15) is 0 Å². The second-order valence-corrected chi connectivity index (χ2v) is 6.24. The fourth-order valence-electron chi connectivity index (χ4n) is 3.60. The molecule has 3 nitrogen and oxygen atoms in total.